The molecule has 0 radical (unpaired) electrons. The van der Waals surface area contributed by atoms with Crippen molar-refractivity contribution in [3.05, 3.63) is 47.5 Å². The van der Waals surface area contributed by atoms with E-state index in [4.69, 9.17) is 0 Å². The fraction of sp³-hybridized carbons (Fsp3) is 0.350. The number of carbonyl (C=O) groups excluding carboxylic acids is 1. The van der Waals surface area contributed by atoms with Crippen LogP contribution in [0.2, 0.25) is 0 Å². The van der Waals surface area contributed by atoms with Crippen molar-refractivity contribution in [1.29, 1.82) is 0 Å². The van der Waals surface area contributed by atoms with Gasteiger partial charge in [-0.25, -0.2) is 18.7 Å². The average Bonchev–Trinajstić information content (AvgIpc) is 3.03. The lowest BCUT2D eigenvalue weighted by Crippen LogP contribution is -2.34. The molecule has 0 amide bonds. The lowest BCUT2D eigenvalue weighted by molar-refractivity contribution is -0.119. The summed E-state index contributed by atoms with van der Waals surface area (Å²) < 4.78 is 29.4. The number of aromatic nitrogens is 3. The largest absolute Gasteiger partial charge is 0.356 e. The van der Waals surface area contributed by atoms with Crippen LogP contribution in [-0.4, -0.2) is 33.2 Å². The van der Waals surface area contributed by atoms with Crippen LogP contribution in [0.4, 0.5) is 14.6 Å². The van der Waals surface area contributed by atoms with Crippen molar-refractivity contribution >= 4 is 17.2 Å². The van der Waals surface area contributed by atoms with Gasteiger partial charge in [-0.1, -0.05) is 0 Å². The van der Waals surface area contributed by atoms with Gasteiger partial charge < -0.3 is 9.30 Å². The van der Waals surface area contributed by atoms with Crippen molar-refractivity contribution in [2.45, 2.75) is 33.1 Å². The summed E-state index contributed by atoms with van der Waals surface area (Å²) in [6, 6.07) is 5.32. The predicted molar refractivity (Wildman–Crippen MR) is 99.3 cm³/mol. The summed E-state index contributed by atoms with van der Waals surface area (Å²) in [5.74, 6) is 0.703. The van der Waals surface area contributed by atoms with E-state index in [1.807, 2.05) is 41.6 Å². The summed E-state index contributed by atoms with van der Waals surface area (Å²) in [6.45, 7) is 4.86. The van der Waals surface area contributed by atoms with Gasteiger partial charge in [-0.3, -0.25) is 4.79 Å². The molecule has 0 spiro atoms. The highest BCUT2D eigenvalue weighted by Crippen LogP contribution is 2.33. The summed E-state index contributed by atoms with van der Waals surface area (Å²) in [5.41, 5.74) is 3.47. The molecule has 1 fully saturated rings. The van der Waals surface area contributed by atoms with Crippen LogP contribution in [0.1, 0.15) is 36.2 Å². The van der Waals surface area contributed by atoms with E-state index in [2.05, 4.69) is 9.97 Å². The second kappa shape index (κ2) is 6.72. The highest BCUT2D eigenvalue weighted by Gasteiger charge is 2.22. The van der Waals surface area contributed by atoms with Crippen molar-refractivity contribution in [3.8, 4) is 11.1 Å². The number of halogens is 2. The zero-order valence-electron chi connectivity index (χ0n) is 15.2. The minimum Gasteiger partial charge on any atom is -0.356 e. The van der Waals surface area contributed by atoms with Gasteiger partial charge in [0.15, 0.2) is 0 Å². The Bertz CT molecular complexity index is 1020. The van der Waals surface area contributed by atoms with Crippen LogP contribution in [-0.2, 0) is 4.79 Å². The summed E-state index contributed by atoms with van der Waals surface area (Å²) in [4.78, 5) is 22.0. The van der Waals surface area contributed by atoms with Crippen molar-refractivity contribution in [1.82, 2.24) is 14.4 Å². The maximum absolute atomic E-state index is 13.8. The number of anilines is 1. The number of pyridine rings is 2. The molecule has 140 valence electrons. The van der Waals surface area contributed by atoms with Gasteiger partial charge in [0, 0.05) is 49.5 Å². The van der Waals surface area contributed by atoms with E-state index < -0.39 is 6.43 Å². The van der Waals surface area contributed by atoms with Gasteiger partial charge in [0.1, 0.15) is 22.9 Å². The van der Waals surface area contributed by atoms with Gasteiger partial charge in [0.2, 0.25) is 0 Å². The number of nitrogens with zero attached hydrogens (tertiary/aromatic N) is 4. The number of imidazole rings is 1. The zero-order chi connectivity index (χ0) is 19.1. The van der Waals surface area contributed by atoms with Gasteiger partial charge in [-0.2, -0.15) is 0 Å². The number of hydrogen-bond acceptors (Lipinski definition) is 4. The summed E-state index contributed by atoms with van der Waals surface area (Å²) in [5, 5.41) is 0. The first-order valence-corrected chi connectivity index (χ1v) is 8.94. The summed E-state index contributed by atoms with van der Waals surface area (Å²) >= 11 is 0. The van der Waals surface area contributed by atoms with Gasteiger partial charge in [-0.15, -0.1) is 0 Å². The highest BCUT2D eigenvalue weighted by atomic mass is 19.3. The molecule has 7 heteroatoms. The third-order valence-corrected chi connectivity index (χ3v) is 4.93. The molecule has 4 rings (SSSR count). The molecule has 0 saturated carbocycles. The monoisotopic (exact) mass is 370 g/mol. The molecule has 3 aromatic heterocycles. The fourth-order valence-corrected chi connectivity index (χ4v) is 3.57. The van der Waals surface area contributed by atoms with E-state index in [1.165, 1.54) is 0 Å². The molecule has 1 aliphatic rings. The number of Topliss-reactive ketones (excluding diaryl/α,β-unsaturated/α-hetero) is 1. The molecule has 0 unspecified atom stereocenters. The number of carbonyl (C=O) groups is 1. The van der Waals surface area contributed by atoms with Gasteiger partial charge in [0.25, 0.3) is 6.43 Å². The molecule has 1 saturated heterocycles. The SMILES string of the molecule is Cc1cn2cc(-c3ccc(N4CCC(=O)CC4)nc3C(F)F)cc(C)c2n1. The molecular formula is C20H20F2N4O. The second-order valence-electron chi connectivity index (χ2n) is 6.95. The first kappa shape index (κ1) is 17.6. The molecular weight excluding hydrogens is 350 g/mol. The normalized spacial score (nSPS) is 15.1. The highest BCUT2D eigenvalue weighted by molar-refractivity contribution is 5.81. The second-order valence-corrected chi connectivity index (χ2v) is 6.95. The molecule has 5 nitrogen and oxygen atoms in total. The molecule has 0 aliphatic carbocycles. The van der Waals surface area contributed by atoms with Crippen molar-refractivity contribution in [2.75, 3.05) is 18.0 Å². The number of fused-ring (bicyclic) bond motifs is 1. The van der Waals surface area contributed by atoms with Crippen LogP contribution in [0.15, 0.2) is 30.6 Å². The van der Waals surface area contributed by atoms with E-state index >= 15 is 0 Å². The molecule has 0 bridgehead atoms. The third kappa shape index (κ3) is 3.29. The molecule has 0 aromatic carbocycles. The van der Waals surface area contributed by atoms with Gasteiger partial charge in [0.05, 0.1) is 5.69 Å². The first-order chi connectivity index (χ1) is 12.9. The van der Waals surface area contributed by atoms with Crippen LogP contribution in [0.5, 0.6) is 0 Å². The number of ketones is 1. The van der Waals surface area contributed by atoms with E-state index in [9.17, 15) is 13.6 Å². The molecule has 27 heavy (non-hydrogen) atoms. The number of aryl methyl sites for hydroxylation is 2. The number of alkyl halides is 2. The fourth-order valence-electron chi connectivity index (χ4n) is 3.57. The summed E-state index contributed by atoms with van der Waals surface area (Å²) in [6.07, 6.45) is 1.86. The average molecular weight is 370 g/mol. The number of hydrogen-bond donors (Lipinski definition) is 0. The van der Waals surface area contributed by atoms with Crippen molar-refractivity contribution in [3.63, 3.8) is 0 Å². The molecule has 3 aromatic rings. The molecule has 0 N–H and O–H groups in total. The smallest absolute Gasteiger partial charge is 0.281 e. The minimum absolute atomic E-state index is 0.205. The maximum Gasteiger partial charge on any atom is 0.281 e. The standard InChI is InChI=1S/C20H20F2N4O/c1-12-9-14(11-26-10-13(2)23-20(12)26)16-3-4-17(24-18(16)19(21)22)25-7-5-15(27)6-8-25/h3-4,9-11,19H,5-8H2,1-2H3. The van der Waals surface area contributed by atoms with Crippen LogP contribution in [0.3, 0.4) is 0 Å². The lowest BCUT2D eigenvalue weighted by Gasteiger charge is -2.27. The predicted octanol–water partition coefficient (Wildman–Crippen LogP) is 4.12. The number of rotatable bonds is 3. The van der Waals surface area contributed by atoms with Gasteiger partial charge >= 0.3 is 0 Å². The molecule has 0 atom stereocenters. The van der Waals surface area contributed by atoms with Crippen LogP contribution < -0.4 is 4.90 Å². The van der Waals surface area contributed by atoms with Crippen LogP contribution in [0, 0.1) is 13.8 Å². The topological polar surface area (TPSA) is 50.5 Å². The third-order valence-electron chi connectivity index (χ3n) is 4.93. The molecule has 4 heterocycles. The lowest BCUT2D eigenvalue weighted by atomic mass is 10.0. The Hall–Kier alpha value is -2.83. The van der Waals surface area contributed by atoms with Crippen LogP contribution >= 0.6 is 0 Å². The van der Waals surface area contributed by atoms with E-state index in [0.29, 0.717) is 42.9 Å². The van der Waals surface area contributed by atoms with Crippen LogP contribution in [0.25, 0.3) is 16.8 Å². The Morgan fingerprint density at radius 2 is 1.81 bits per heavy atom. The number of piperidine rings is 1. The zero-order valence-corrected chi connectivity index (χ0v) is 15.2. The van der Waals surface area contributed by atoms with E-state index in [0.717, 1.165) is 16.9 Å². The Morgan fingerprint density at radius 3 is 2.52 bits per heavy atom. The Balaban J connectivity index is 1.77. The first-order valence-electron chi connectivity index (χ1n) is 8.94. The maximum atomic E-state index is 13.8. The Labute approximate surface area is 155 Å². The van der Waals surface area contributed by atoms with E-state index in [-0.39, 0.29) is 11.5 Å². The minimum atomic E-state index is -2.69. The van der Waals surface area contributed by atoms with Crippen molar-refractivity contribution in [2.24, 2.45) is 0 Å². The quantitative estimate of drug-likeness (QED) is 0.696. The Morgan fingerprint density at radius 1 is 1.07 bits per heavy atom. The molecule has 1 aliphatic heterocycles. The van der Waals surface area contributed by atoms with Gasteiger partial charge in [-0.05, 0) is 37.6 Å². The van der Waals surface area contributed by atoms with E-state index in [1.54, 1.807) is 12.1 Å². The van der Waals surface area contributed by atoms with Crippen molar-refractivity contribution < 1.29 is 13.6 Å². The Kier molecular flexibility index (Phi) is 4.37. The summed E-state index contributed by atoms with van der Waals surface area (Å²) in [7, 11) is 0.